The Morgan fingerprint density at radius 2 is 1.65 bits per heavy atom. The molecule has 1 aromatic rings. The molecule has 2 nitrogen and oxygen atoms in total. The van der Waals surface area contributed by atoms with Gasteiger partial charge in [-0.15, -0.1) is 0 Å². The standard InChI is InChI=1S/C15H17NO/c1-11-14(16-9-5-2-6-10-16)12-7-3-4-8-13(12)15(11)17/h3-4,7-8H,2,5-6,9-10H2,1H3. The molecule has 0 bridgehead atoms. The second-order valence-electron chi connectivity index (χ2n) is 4.90. The van der Waals surface area contributed by atoms with Crippen LogP contribution in [0.15, 0.2) is 29.8 Å². The molecule has 1 fully saturated rings. The van der Waals surface area contributed by atoms with Gasteiger partial charge in [-0.1, -0.05) is 24.3 Å². The second kappa shape index (κ2) is 4.02. The minimum Gasteiger partial charge on any atom is -0.371 e. The van der Waals surface area contributed by atoms with Crippen molar-refractivity contribution in [2.45, 2.75) is 26.2 Å². The Balaban J connectivity index is 2.06. The number of carbonyl (C=O) groups is 1. The number of piperidine rings is 1. The molecular formula is C15H17NO. The summed E-state index contributed by atoms with van der Waals surface area (Å²) >= 11 is 0. The van der Waals surface area contributed by atoms with Gasteiger partial charge in [0, 0.05) is 29.8 Å². The molecule has 88 valence electrons. The lowest BCUT2D eigenvalue weighted by atomic mass is 10.1. The zero-order valence-corrected chi connectivity index (χ0v) is 10.2. The summed E-state index contributed by atoms with van der Waals surface area (Å²) in [5.74, 6) is 0.209. The summed E-state index contributed by atoms with van der Waals surface area (Å²) in [6.45, 7) is 4.15. The molecule has 2 heteroatoms. The highest BCUT2D eigenvalue weighted by atomic mass is 16.1. The predicted octanol–water partition coefficient (Wildman–Crippen LogP) is 3.10. The zero-order valence-electron chi connectivity index (χ0n) is 10.2. The number of hydrogen-bond donors (Lipinski definition) is 0. The van der Waals surface area contributed by atoms with Crippen LogP contribution in [0.1, 0.15) is 42.1 Å². The minimum absolute atomic E-state index is 0.209. The van der Waals surface area contributed by atoms with Crippen LogP contribution in [-0.2, 0) is 0 Å². The van der Waals surface area contributed by atoms with E-state index in [0.717, 1.165) is 29.8 Å². The first-order valence-electron chi connectivity index (χ1n) is 6.39. The lowest BCUT2D eigenvalue weighted by Crippen LogP contribution is -2.28. The number of hydrogen-bond acceptors (Lipinski definition) is 2. The summed E-state index contributed by atoms with van der Waals surface area (Å²) in [7, 11) is 0. The fraction of sp³-hybridized carbons (Fsp3) is 0.400. The summed E-state index contributed by atoms with van der Waals surface area (Å²) < 4.78 is 0. The first-order valence-corrected chi connectivity index (χ1v) is 6.39. The van der Waals surface area contributed by atoms with Crippen molar-refractivity contribution in [3.63, 3.8) is 0 Å². The molecule has 0 aromatic heterocycles. The summed E-state index contributed by atoms with van der Waals surface area (Å²) in [5.41, 5.74) is 4.13. The van der Waals surface area contributed by atoms with Crippen LogP contribution in [0, 0.1) is 0 Å². The molecule has 0 amide bonds. The lowest BCUT2D eigenvalue weighted by Gasteiger charge is -2.30. The smallest absolute Gasteiger partial charge is 0.191 e. The molecule has 1 aliphatic carbocycles. The molecule has 1 aliphatic heterocycles. The van der Waals surface area contributed by atoms with Crippen LogP contribution in [0.25, 0.3) is 5.70 Å². The highest BCUT2D eigenvalue weighted by molar-refractivity contribution is 6.19. The third-order valence-corrected chi connectivity index (χ3v) is 3.79. The molecule has 0 radical (unpaired) electrons. The molecule has 1 heterocycles. The van der Waals surface area contributed by atoms with Gasteiger partial charge in [0.2, 0.25) is 0 Å². The molecule has 1 saturated heterocycles. The molecule has 2 aliphatic rings. The third-order valence-electron chi connectivity index (χ3n) is 3.79. The van der Waals surface area contributed by atoms with Gasteiger partial charge in [0.05, 0.1) is 5.70 Å². The molecule has 0 saturated carbocycles. The van der Waals surface area contributed by atoms with E-state index in [-0.39, 0.29) is 5.78 Å². The van der Waals surface area contributed by atoms with Crippen LogP contribution >= 0.6 is 0 Å². The van der Waals surface area contributed by atoms with Crippen molar-refractivity contribution in [2.24, 2.45) is 0 Å². The Hall–Kier alpha value is -1.57. The average molecular weight is 227 g/mol. The number of fused-ring (bicyclic) bond motifs is 1. The van der Waals surface area contributed by atoms with E-state index < -0.39 is 0 Å². The van der Waals surface area contributed by atoms with Crippen LogP contribution in [0.3, 0.4) is 0 Å². The predicted molar refractivity (Wildman–Crippen MR) is 68.8 cm³/mol. The maximum absolute atomic E-state index is 12.2. The van der Waals surface area contributed by atoms with Crippen molar-refractivity contribution in [1.82, 2.24) is 4.90 Å². The molecule has 0 unspecified atom stereocenters. The number of rotatable bonds is 1. The average Bonchev–Trinajstić information content (AvgIpc) is 2.64. The van der Waals surface area contributed by atoms with E-state index in [1.54, 1.807) is 0 Å². The molecular weight excluding hydrogens is 210 g/mol. The quantitative estimate of drug-likeness (QED) is 0.734. The van der Waals surface area contributed by atoms with Crippen molar-refractivity contribution < 1.29 is 4.79 Å². The Kier molecular flexibility index (Phi) is 2.50. The number of ketones is 1. The molecule has 17 heavy (non-hydrogen) atoms. The summed E-state index contributed by atoms with van der Waals surface area (Å²) in [5, 5.41) is 0. The number of Topliss-reactive ketones (excluding diaryl/α,β-unsaturated/α-hetero) is 1. The Morgan fingerprint density at radius 1 is 1.00 bits per heavy atom. The summed E-state index contributed by atoms with van der Waals surface area (Å²) in [6, 6.07) is 7.99. The van der Waals surface area contributed by atoms with Crippen molar-refractivity contribution in [2.75, 3.05) is 13.1 Å². The lowest BCUT2D eigenvalue weighted by molar-refractivity contribution is 0.103. The monoisotopic (exact) mass is 227 g/mol. The number of allylic oxidation sites excluding steroid dienone is 1. The van der Waals surface area contributed by atoms with Crippen LogP contribution < -0.4 is 0 Å². The molecule has 3 rings (SSSR count). The van der Waals surface area contributed by atoms with Gasteiger partial charge in [0.1, 0.15) is 0 Å². The number of likely N-dealkylation sites (tertiary alicyclic amines) is 1. The van der Waals surface area contributed by atoms with Gasteiger partial charge < -0.3 is 4.90 Å². The molecule has 0 N–H and O–H groups in total. The van der Waals surface area contributed by atoms with Gasteiger partial charge in [0.25, 0.3) is 0 Å². The van der Waals surface area contributed by atoms with Crippen molar-refractivity contribution in [1.29, 1.82) is 0 Å². The van der Waals surface area contributed by atoms with E-state index in [0.29, 0.717) is 0 Å². The first kappa shape index (κ1) is 10.6. The fourth-order valence-corrected chi connectivity index (χ4v) is 2.92. The largest absolute Gasteiger partial charge is 0.371 e. The van der Waals surface area contributed by atoms with Gasteiger partial charge in [0.15, 0.2) is 5.78 Å². The van der Waals surface area contributed by atoms with E-state index in [1.807, 2.05) is 25.1 Å². The highest BCUT2D eigenvalue weighted by Crippen LogP contribution is 2.36. The van der Waals surface area contributed by atoms with Crippen LogP contribution in [0.2, 0.25) is 0 Å². The molecule has 0 atom stereocenters. The van der Waals surface area contributed by atoms with E-state index in [4.69, 9.17) is 0 Å². The first-order chi connectivity index (χ1) is 8.29. The van der Waals surface area contributed by atoms with Gasteiger partial charge in [-0.2, -0.15) is 0 Å². The van der Waals surface area contributed by atoms with Crippen molar-refractivity contribution in [3.05, 3.63) is 41.0 Å². The minimum atomic E-state index is 0.209. The van der Waals surface area contributed by atoms with Crippen LogP contribution in [0.5, 0.6) is 0 Å². The maximum Gasteiger partial charge on any atom is 0.191 e. The Labute approximate surface area is 102 Å². The topological polar surface area (TPSA) is 20.3 Å². The SMILES string of the molecule is CC1=C(N2CCCCC2)c2ccccc2C1=O. The van der Waals surface area contributed by atoms with Gasteiger partial charge in [-0.25, -0.2) is 0 Å². The van der Waals surface area contributed by atoms with Gasteiger partial charge in [-0.05, 0) is 26.2 Å². The maximum atomic E-state index is 12.2. The summed E-state index contributed by atoms with van der Waals surface area (Å²) in [4.78, 5) is 14.6. The zero-order chi connectivity index (χ0) is 11.8. The van der Waals surface area contributed by atoms with E-state index in [9.17, 15) is 4.79 Å². The number of nitrogens with zero attached hydrogens (tertiary/aromatic N) is 1. The highest BCUT2D eigenvalue weighted by Gasteiger charge is 2.30. The second-order valence-corrected chi connectivity index (χ2v) is 4.90. The molecule has 0 spiro atoms. The molecule has 1 aromatic carbocycles. The summed E-state index contributed by atoms with van der Waals surface area (Å²) in [6.07, 6.45) is 3.80. The van der Waals surface area contributed by atoms with Gasteiger partial charge >= 0.3 is 0 Å². The number of carbonyl (C=O) groups excluding carboxylic acids is 1. The normalized spacial score (nSPS) is 19.8. The van der Waals surface area contributed by atoms with Crippen molar-refractivity contribution >= 4 is 11.5 Å². The van der Waals surface area contributed by atoms with Gasteiger partial charge in [-0.3, -0.25) is 4.79 Å². The number of benzene rings is 1. The fourth-order valence-electron chi connectivity index (χ4n) is 2.92. The van der Waals surface area contributed by atoms with E-state index >= 15 is 0 Å². The van der Waals surface area contributed by atoms with Crippen LogP contribution in [0.4, 0.5) is 0 Å². The Morgan fingerprint density at radius 3 is 2.35 bits per heavy atom. The van der Waals surface area contributed by atoms with Crippen molar-refractivity contribution in [3.8, 4) is 0 Å². The third kappa shape index (κ3) is 1.59. The Bertz CT molecular complexity index is 495. The van der Waals surface area contributed by atoms with E-state index in [1.165, 1.54) is 25.0 Å². The van der Waals surface area contributed by atoms with E-state index in [2.05, 4.69) is 11.0 Å². The van der Waals surface area contributed by atoms with Crippen LogP contribution in [-0.4, -0.2) is 23.8 Å².